The Bertz CT molecular complexity index is 357. The number of hydrogen-bond donors (Lipinski definition) is 0. The van der Waals surface area contributed by atoms with E-state index in [0.717, 1.165) is 11.3 Å². The van der Waals surface area contributed by atoms with Gasteiger partial charge in [-0.15, -0.1) is 9.73 Å². The van der Waals surface area contributed by atoms with E-state index in [2.05, 4.69) is 15.4 Å². The molecule has 0 aromatic carbocycles. The molecule has 0 fully saturated rings. The highest BCUT2D eigenvalue weighted by Crippen LogP contribution is 1.98. The number of aryl methyl sites for hydroxylation is 2. The van der Waals surface area contributed by atoms with Crippen molar-refractivity contribution in [1.29, 1.82) is 0 Å². The summed E-state index contributed by atoms with van der Waals surface area (Å²) in [6.45, 7) is 1.93. The average molecular weight is 137 g/mol. The second kappa shape index (κ2) is 1.56. The summed E-state index contributed by atoms with van der Waals surface area (Å²) in [5, 5.41) is 11.7. The van der Waals surface area contributed by atoms with E-state index in [1.54, 1.807) is 16.5 Å². The quantitative estimate of drug-likeness (QED) is 0.504. The first-order chi connectivity index (χ1) is 4.77. The van der Waals surface area contributed by atoms with E-state index in [-0.39, 0.29) is 0 Å². The SMILES string of the molecule is Cc1cc2nnn(C)n2n1. The van der Waals surface area contributed by atoms with Crippen molar-refractivity contribution in [2.75, 3.05) is 0 Å². The fourth-order valence-electron chi connectivity index (χ4n) is 0.904. The molecule has 2 aromatic heterocycles. The average Bonchev–Trinajstić information content (AvgIpc) is 2.35. The second-order valence-corrected chi connectivity index (χ2v) is 2.21. The highest BCUT2D eigenvalue weighted by molar-refractivity contribution is 5.35. The molecule has 0 N–H and O–H groups in total. The van der Waals surface area contributed by atoms with Gasteiger partial charge in [-0.3, -0.25) is 0 Å². The van der Waals surface area contributed by atoms with Crippen LogP contribution >= 0.6 is 0 Å². The van der Waals surface area contributed by atoms with Gasteiger partial charge in [-0.1, -0.05) is 0 Å². The van der Waals surface area contributed by atoms with E-state index >= 15 is 0 Å². The molecule has 0 spiro atoms. The van der Waals surface area contributed by atoms with Crippen LogP contribution in [0.5, 0.6) is 0 Å². The third-order valence-corrected chi connectivity index (χ3v) is 1.35. The van der Waals surface area contributed by atoms with Crippen LogP contribution in [-0.2, 0) is 7.05 Å². The normalized spacial score (nSPS) is 11.0. The van der Waals surface area contributed by atoms with Crippen LogP contribution in [0.15, 0.2) is 6.07 Å². The molecular formula is C5H7N5. The Morgan fingerprint density at radius 1 is 1.50 bits per heavy atom. The van der Waals surface area contributed by atoms with Crippen molar-refractivity contribution < 1.29 is 0 Å². The van der Waals surface area contributed by atoms with E-state index < -0.39 is 0 Å². The molecule has 2 heterocycles. The summed E-state index contributed by atoms with van der Waals surface area (Å²) < 4.78 is 1.65. The Balaban J connectivity index is 2.90. The molecule has 0 aliphatic heterocycles. The van der Waals surface area contributed by atoms with Crippen LogP contribution in [0.1, 0.15) is 5.69 Å². The molecule has 5 heteroatoms. The predicted octanol–water partition coefficient (Wildman–Crippen LogP) is -0.229. The molecule has 2 aromatic rings. The number of nitrogens with zero attached hydrogens (tertiary/aromatic N) is 5. The maximum atomic E-state index is 4.13. The first kappa shape index (κ1) is 5.40. The zero-order chi connectivity index (χ0) is 7.14. The molecule has 0 amide bonds. The Morgan fingerprint density at radius 2 is 2.30 bits per heavy atom. The van der Waals surface area contributed by atoms with Crippen molar-refractivity contribution in [2.24, 2.45) is 7.05 Å². The van der Waals surface area contributed by atoms with Crippen LogP contribution in [0.4, 0.5) is 0 Å². The Kier molecular flexibility index (Phi) is 0.841. The third-order valence-electron chi connectivity index (χ3n) is 1.35. The summed E-state index contributed by atoms with van der Waals surface area (Å²) in [6.07, 6.45) is 0. The van der Waals surface area contributed by atoms with Gasteiger partial charge in [0.2, 0.25) is 0 Å². The lowest BCUT2D eigenvalue weighted by molar-refractivity contribution is 0.541. The summed E-state index contributed by atoms with van der Waals surface area (Å²) >= 11 is 0. The zero-order valence-corrected chi connectivity index (χ0v) is 5.81. The summed E-state index contributed by atoms with van der Waals surface area (Å²) in [6, 6.07) is 1.88. The molecule has 2 rings (SSSR count). The van der Waals surface area contributed by atoms with Gasteiger partial charge in [-0.25, -0.2) is 0 Å². The molecule has 0 aliphatic rings. The summed E-state index contributed by atoms with van der Waals surface area (Å²) in [7, 11) is 1.80. The molecule has 52 valence electrons. The Hall–Kier alpha value is -1.39. The van der Waals surface area contributed by atoms with Crippen molar-refractivity contribution in [3.63, 3.8) is 0 Å². The fraction of sp³-hybridized carbons (Fsp3) is 0.400. The lowest BCUT2D eigenvalue weighted by atomic mass is 10.5. The van der Waals surface area contributed by atoms with Crippen molar-refractivity contribution in [2.45, 2.75) is 6.92 Å². The number of rotatable bonds is 0. The van der Waals surface area contributed by atoms with Gasteiger partial charge in [0.1, 0.15) is 0 Å². The fourth-order valence-corrected chi connectivity index (χ4v) is 0.904. The van der Waals surface area contributed by atoms with E-state index in [1.807, 2.05) is 13.0 Å². The predicted molar refractivity (Wildman–Crippen MR) is 34.5 cm³/mol. The Morgan fingerprint density at radius 3 is 3.00 bits per heavy atom. The van der Waals surface area contributed by atoms with Crippen LogP contribution in [0, 0.1) is 6.92 Å². The zero-order valence-electron chi connectivity index (χ0n) is 5.81. The minimum atomic E-state index is 0.792. The third kappa shape index (κ3) is 0.541. The van der Waals surface area contributed by atoms with Gasteiger partial charge in [0.25, 0.3) is 0 Å². The minimum absolute atomic E-state index is 0.792. The molecular weight excluding hydrogens is 130 g/mol. The van der Waals surface area contributed by atoms with Gasteiger partial charge < -0.3 is 0 Å². The highest BCUT2D eigenvalue weighted by atomic mass is 15.7. The molecule has 0 atom stereocenters. The van der Waals surface area contributed by atoms with Gasteiger partial charge >= 0.3 is 0 Å². The van der Waals surface area contributed by atoms with E-state index in [9.17, 15) is 0 Å². The van der Waals surface area contributed by atoms with Crippen LogP contribution in [0.25, 0.3) is 5.65 Å². The van der Waals surface area contributed by atoms with Gasteiger partial charge in [0.05, 0.1) is 12.7 Å². The van der Waals surface area contributed by atoms with Gasteiger partial charge in [-0.2, -0.15) is 9.90 Å². The summed E-state index contributed by atoms with van der Waals surface area (Å²) in [5.74, 6) is 0. The van der Waals surface area contributed by atoms with Crippen LogP contribution in [-0.4, -0.2) is 24.8 Å². The van der Waals surface area contributed by atoms with Crippen molar-refractivity contribution in [3.8, 4) is 0 Å². The summed E-state index contributed by atoms with van der Waals surface area (Å²) in [4.78, 5) is 1.59. The maximum absolute atomic E-state index is 4.13. The lowest BCUT2D eigenvalue weighted by Crippen LogP contribution is -2.02. The monoisotopic (exact) mass is 137 g/mol. The summed E-state index contributed by atoms with van der Waals surface area (Å²) in [5.41, 5.74) is 1.75. The van der Waals surface area contributed by atoms with Crippen molar-refractivity contribution >= 4 is 5.65 Å². The largest absolute Gasteiger partial charge is 0.199 e. The van der Waals surface area contributed by atoms with Crippen LogP contribution < -0.4 is 0 Å². The lowest BCUT2D eigenvalue weighted by Gasteiger charge is -1.85. The molecule has 0 radical (unpaired) electrons. The first-order valence-corrected chi connectivity index (χ1v) is 3.00. The first-order valence-electron chi connectivity index (χ1n) is 3.00. The maximum Gasteiger partial charge on any atom is 0.199 e. The Labute approximate surface area is 57.2 Å². The molecule has 0 unspecified atom stereocenters. The molecule has 0 saturated heterocycles. The van der Waals surface area contributed by atoms with Crippen LogP contribution in [0.2, 0.25) is 0 Å². The second-order valence-electron chi connectivity index (χ2n) is 2.21. The molecule has 10 heavy (non-hydrogen) atoms. The van der Waals surface area contributed by atoms with Crippen molar-refractivity contribution in [3.05, 3.63) is 11.8 Å². The molecule has 0 bridgehead atoms. The number of tetrazole rings is 1. The van der Waals surface area contributed by atoms with Crippen LogP contribution in [0.3, 0.4) is 0 Å². The van der Waals surface area contributed by atoms with E-state index in [4.69, 9.17) is 0 Å². The van der Waals surface area contributed by atoms with E-state index in [1.165, 1.54) is 0 Å². The minimum Gasteiger partial charge on any atom is -0.167 e. The van der Waals surface area contributed by atoms with E-state index in [0.29, 0.717) is 0 Å². The smallest absolute Gasteiger partial charge is 0.167 e. The van der Waals surface area contributed by atoms with Crippen molar-refractivity contribution in [1.82, 2.24) is 24.8 Å². The van der Waals surface area contributed by atoms with Gasteiger partial charge in [-0.05, 0) is 12.1 Å². The molecule has 0 aliphatic carbocycles. The number of hydrogen-bond acceptors (Lipinski definition) is 3. The number of aromatic nitrogens is 5. The number of fused-ring (bicyclic) bond motifs is 1. The van der Waals surface area contributed by atoms with Gasteiger partial charge in [0, 0.05) is 6.07 Å². The van der Waals surface area contributed by atoms with Gasteiger partial charge in [0.15, 0.2) is 5.65 Å². The highest BCUT2D eigenvalue weighted by Gasteiger charge is 2.00. The topological polar surface area (TPSA) is 48.0 Å². The standard InChI is InChI=1S/C5H7N5/c1-4-3-5-6-8-9(2)10(5)7-4/h3H,1-2H3. The molecule has 0 saturated carbocycles. The molecule has 5 nitrogen and oxygen atoms in total.